The highest BCUT2D eigenvalue weighted by molar-refractivity contribution is 7.92. The molecule has 0 aliphatic rings. The monoisotopic (exact) mass is 303 g/mol. The lowest BCUT2D eigenvalue weighted by molar-refractivity contribution is 0.600. The normalized spacial score (nSPS) is 11.2. The molecule has 2 rings (SSSR count). The van der Waals surface area contributed by atoms with Gasteiger partial charge in [-0.1, -0.05) is 23.2 Å². The summed E-state index contributed by atoms with van der Waals surface area (Å²) in [5.74, 6) is 0.0640. The van der Waals surface area contributed by atoms with Crippen LogP contribution in [0.25, 0.3) is 0 Å². The molecule has 0 amide bonds. The maximum absolute atomic E-state index is 12.0. The van der Waals surface area contributed by atoms with Crippen LogP contribution < -0.4 is 4.72 Å². The van der Waals surface area contributed by atoms with Crippen LogP contribution in [0.3, 0.4) is 0 Å². The van der Waals surface area contributed by atoms with E-state index >= 15 is 0 Å². The van der Waals surface area contributed by atoms with Gasteiger partial charge in [0.25, 0.3) is 10.0 Å². The maximum Gasteiger partial charge on any atom is 0.264 e. The van der Waals surface area contributed by atoms with Crippen LogP contribution in [-0.2, 0) is 10.0 Å². The molecule has 0 aliphatic heterocycles. The van der Waals surface area contributed by atoms with E-state index < -0.39 is 10.0 Å². The van der Waals surface area contributed by atoms with Gasteiger partial charge in [0.1, 0.15) is 10.0 Å². The summed E-state index contributed by atoms with van der Waals surface area (Å²) in [6.45, 7) is 0. The van der Waals surface area contributed by atoms with Crippen molar-refractivity contribution in [3.05, 3.63) is 46.8 Å². The van der Waals surface area contributed by atoms with Crippen molar-refractivity contribution in [2.45, 2.75) is 4.90 Å². The second-order valence-corrected chi connectivity index (χ2v) is 5.73. The first-order valence-electron chi connectivity index (χ1n) is 4.74. The minimum Gasteiger partial charge on any atom is -0.262 e. The van der Waals surface area contributed by atoms with Crippen molar-refractivity contribution < 1.29 is 8.42 Å². The highest BCUT2D eigenvalue weighted by Gasteiger charge is 2.16. The Kier molecular flexibility index (Phi) is 3.70. The highest BCUT2D eigenvalue weighted by Crippen LogP contribution is 2.21. The molecule has 8 heteroatoms. The molecular formula is C10H7Cl2N3O2S. The van der Waals surface area contributed by atoms with Crippen LogP contribution in [0.4, 0.5) is 5.82 Å². The Labute approximate surface area is 114 Å². The van der Waals surface area contributed by atoms with Crippen molar-refractivity contribution in [3.8, 4) is 0 Å². The molecule has 94 valence electrons. The minimum atomic E-state index is -3.77. The first-order valence-corrected chi connectivity index (χ1v) is 6.98. The molecule has 0 fully saturated rings. The fourth-order valence-electron chi connectivity index (χ4n) is 1.17. The van der Waals surface area contributed by atoms with Gasteiger partial charge in [-0.2, -0.15) is 0 Å². The van der Waals surface area contributed by atoms with Gasteiger partial charge in [-0.05, 0) is 24.3 Å². The average molecular weight is 304 g/mol. The molecule has 5 nitrogen and oxygen atoms in total. The fourth-order valence-corrected chi connectivity index (χ4v) is 2.48. The van der Waals surface area contributed by atoms with Crippen molar-refractivity contribution in [1.29, 1.82) is 0 Å². The van der Waals surface area contributed by atoms with Crippen LogP contribution in [0.15, 0.2) is 41.6 Å². The second kappa shape index (κ2) is 5.09. The molecule has 18 heavy (non-hydrogen) atoms. The smallest absolute Gasteiger partial charge is 0.262 e. The van der Waals surface area contributed by atoms with Gasteiger partial charge in [0.2, 0.25) is 0 Å². The van der Waals surface area contributed by atoms with Crippen molar-refractivity contribution in [1.82, 2.24) is 9.97 Å². The predicted molar refractivity (Wildman–Crippen MR) is 69.3 cm³/mol. The van der Waals surface area contributed by atoms with Crippen molar-refractivity contribution in [3.63, 3.8) is 0 Å². The van der Waals surface area contributed by atoms with Crippen molar-refractivity contribution >= 4 is 39.0 Å². The van der Waals surface area contributed by atoms with Crippen LogP contribution in [0, 0.1) is 0 Å². The summed E-state index contributed by atoms with van der Waals surface area (Å²) in [4.78, 5) is 7.52. The van der Waals surface area contributed by atoms with E-state index in [-0.39, 0.29) is 20.9 Å². The molecule has 2 aromatic rings. The van der Waals surface area contributed by atoms with E-state index in [1.54, 1.807) is 6.07 Å². The quantitative estimate of drug-likeness (QED) is 0.885. The third kappa shape index (κ3) is 2.90. The number of hydrogen-bond donors (Lipinski definition) is 1. The van der Waals surface area contributed by atoms with Gasteiger partial charge < -0.3 is 0 Å². The van der Waals surface area contributed by atoms with Gasteiger partial charge in [0.05, 0.1) is 5.02 Å². The first-order chi connectivity index (χ1) is 8.49. The number of pyridine rings is 2. The van der Waals surface area contributed by atoms with Gasteiger partial charge >= 0.3 is 0 Å². The summed E-state index contributed by atoms with van der Waals surface area (Å²) in [5, 5.41) is 0.424. The van der Waals surface area contributed by atoms with E-state index in [4.69, 9.17) is 23.2 Å². The van der Waals surface area contributed by atoms with Crippen molar-refractivity contribution in [2.75, 3.05) is 4.72 Å². The van der Waals surface area contributed by atoms with E-state index in [1.807, 2.05) is 0 Å². The Bertz CT molecular complexity index is 659. The Balaban J connectivity index is 2.33. The molecule has 2 heterocycles. The van der Waals surface area contributed by atoms with Crippen LogP contribution in [-0.4, -0.2) is 18.4 Å². The molecule has 0 saturated carbocycles. The Morgan fingerprint density at radius 2 is 1.89 bits per heavy atom. The molecule has 0 radical (unpaired) electrons. The highest BCUT2D eigenvalue weighted by atomic mass is 35.5. The van der Waals surface area contributed by atoms with E-state index in [0.717, 1.165) is 6.20 Å². The number of aromatic nitrogens is 2. The summed E-state index contributed by atoms with van der Waals surface area (Å²) in [6, 6.07) is 5.86. The number of nitrogens with zero attached hydrogens (tertiary/aromatic N) is 2. The van der Waals surface area contributed by atoms with Gasteiger partial charge in [-0.3, -0.25) is 4.72 Å². The predicted octanol–water partition coefficient (Wildman–Crippen LogP) is 2.58. The van der Waals surface area contributed by atoms with Gasteiger partial charge in [0.15, 0.2) is 5.82 Å². The third-order valence-electron chi connectivity index (χ3n) is 2.00. The topological polar surface area (TPSA) is 72.0 Å². The number of sulfonamides is 1. The van der Waals surface area contributed by atoms with Gasteiger partial charge in [-0.25, -0.2) is 18.4 Å². The molecular weight excluding hydrogens is 297 g/mol. The molecule has 1 N–H and O–H groups in total. The van der Waals surface area contributed by atoms with Crippen LogP contribution in [0.1, 0.15) is 0 Å². The number of halogens is 2. The van der Waals surface area contributed by atoms with Crippen LogP contribution in [0.5, 0.6) is 0 Å². The number of nitrogens with one attached hydrogen (secondary N) is 1. The zero-order valence-electron chi connectivity index (χ0n) is 8.84. The standard InChI is InChI=1S/C10H7Cl2N3O2S/c11-8-2-1-5-13-10(8)15-18(16,17)7-3-4-9(12)14-6-7/h1-6H,(H,13,15). The summed E-state index contributed by atoms with van der Waals surface area (Å²) in [6.07, 6.45) is 2.59. The fraction of sp³-hybridized carbons (Fsp3) is 0. The van der Waals surface area contributed by atoms with Gasteiger partial charge in [-0.15, -0.1) is 0 Å². The Morgan fingerprint density at radius 3 is 2.50 bits per heavy atom. The molecule has 0 spiro atoms. The minimum absolute atomic E-state index is 0.0198. The summed E-state index contributed by atoms with van der Waals surface area (Å²) in [5.41, 5.74) is 0. The summed E-state index contributed by atoms with van der Waals surface area (Å²) >= 11 is 11.4. The maximum atomic E-state index is 12.0. The lowest BCUT2D eigenvalue weighted by Crippen LogP contribution is -2.14. The van der Waals surface area contributed by atoms with Crippen LogP contribution >= 0.6 is 23.2 Å². The van der Waals surface area contributed by atoms with E-state index in [0.29, 0.717) is 0 Å². The van der Waals surface area contributed by atoms with Crippen molar-refractivity contribution in [2.24, 2.45) is 0 Å². The Morgan fingerprint density at radius 1 is 1.11 bits per heavy atom. The van der Waals surface area contributed by atoms with E-state index in [9.17, 15) is 8.42 Å². The number of rotatable bonds is 3. The SMILES string of the molecule is O=S(=O)(Nc1ncccc1Cl)c1ccc(Cl)nc1. The second-order valence-electron chi connectivity index (χ2n) is 3.26. The van der Waals surface area contributed by atoms with E-state index in [2.05, 4.69) is 14.7 Å². The molecule has 0 aliphatic carbocycles. The molecule has 0 bridgehead atoms. The van der Waals surface area contributed by atoms with E-state index in [1.165, 1.54) is 24.4 Å². The first kappa shape index (κ1) is 13.1. The van der Waals surface area contributed by atoms with Crippen LogP contribution in [0.2, 0.25) is 10.2 Å². The third-order valence-corrected chi connectivity index (χ3v) is 3.85. The number of hydrogen-bond acceptors (Lipinski definition) is 4. The number of anilines is 1. The molecule has 0 saturated heterocycles. The molecule has 0 unspecified atom stereocenters. The Hall–Kier alpha value is -1.37. The molecule has 0 aromatic carbocycles. The van der Waals surface area contributed by atoms with Gasteiger partial charge in [0, 0.05) is 12.4 Å². The lowest BCUT2D eigenvalue weighted by Gasteiger charge is -2.07. The largest absolute Gasteiger partial charge is 0.264 e. The zero-order valence-corrected chi connectivity index (χ0v) is 11.2. The average Bonchev–Trinajstić information content (AvgIpc) is 2.32. The summed E-state index contributed by atoms with van der Waals surface area (Å²) in [7, 11) is -3.77. The summed E-state index contributed by atoms with van der Waals surface area (Å²) < 4.78 is 26.2. The lowest BCUT2D eigenvalue weighted by atomic mass is 10.5. The zero-order chi connectivity index (χ0) is 13.2. The molecule has 2 aromatic heterocycles. The molecule has 0 atom stereocenters.